The molecule has 0 unspecified atom stereocenters. The molecule has 2 aromatic rings. The molecule has 28 heavy (non-hydrogen) atoms. The minimum atomic E-state index is -0.382. The molecule has 1 fully saturated rings. The number of nitro groups is 1. The van der Waals surface area contributed by atoms with Crippen molar-refractivity contribution < 1.29 is 9.66 Å². The van der Waals surface area contributed by atoms with E-state index >= 15 is 0 Å². The van der Waals surface area contributed by atoms with Crippen molar-refractivity contribution >= 4 is 5.69 Å². The average Bonchev–Trinajstić information content (AvgIpc) is 2.68. The molecule has 0 amide bonds. The van der Waals surface area contributed by atoms with Crippen molar-refractivity contribution in [3.8, 4) is 5.75 Å². The first-order chi connectivity index (χ1) is 13.5. The quantitative estimate of drug-likeness (QED) is 0.573. The summed E-state index contributed by atoms with van der Waals surface area (Å²) >= 11 is 0. The van der Waals surface area contributed by atoms with Gasteiger partial charge in [-0.2, -0.15) is 0 Å². The summed E-state index contributed by atoms with van der Waals surface area (Å²) in [5.41, 5.74) is 9.54. The van der Waals surface area contributed by atoms with Crippen LogP contribution in [0.1, 0.15) is 42.4 Å². The van der Waals surface area contributed by atoms with Crippen molar-refractivity contribution in [1.29, 1.82) is 0 Å². The van der Waals surface area contributed by atoms with Crippen LogP contribution in [0, 0.1) is 17.0 Å². The van der Waals surface area contributed by atoms with Crippen LogP contribution in [0.3, 0.4) is 0 Å². The highest BCUT2D eigenvalue weighted by Gasteiger charge is 2.25. The van der Waals surface area contributed by atoms with Gasteiger partial charge in [0.2, 0.25) is 0 Å². The summed E-state index contributed by atoms with van der Waals surface area (Å²) in [7, 11) is 1.46. The third-order valence-corrected chi connectivity index (χ3v) is 5.55. The van der Waals surface area contributed by atoms with Crippen LogP contribution in [0.2, 0.25) is 0 Å². The number of nitro benzene ring substituents is 1. The lowest BCUT2D eigenvalue weighted by molar-refractivity contribution is -0.385. The fourth-order valence-electron chi connectivity index (χ4n) is 4.04. The zero-order valence-corrected chi connectivity index (χ0v) is 16.6. The molecule has 0 atom stereocenters. The Morgan fingerprint density at radius 1 is 1.11 bits per heavy atom. The van der Waals surface area contributed by atoms with Crippen molar-refractivity contribution in [3.05, 3.63) is 69.3 Å². The Morgan fingerprint density at radius 2 is 1.79 bits per heavy atom. The van der Waals surface area contributed by atoms with Crippen LogP contribution in [-0.2, 0) is 13.1 Å². The first kappa shape index (κ1) is 20.3. The molecule has 2 N–H and O–H groups in total. The molecule has 0 heterocycles. The first-order valence-corrected chi connectivity index (χ1v) is 9.82. The lowest BCUT2D eigenvalue weighted by atomic mass is 9.90. The van der Waals surface area contributed by atoms with Gasteiger partial charge in [0.05, 0.1) is 12.0 Å². The third kappa shape index (κ3) is 5.09. The summed E-state index contributed by atoms with van der Waals surface area (Å²) in [6.45, 7) is 3.58. The van der Waals surface area contributed by atoms with E-state index in [9.17, 15) is 10.1 Å². The summed E-state index contributed by atoms with van der Waals surface area (Å²) in [6.07, 6.45) is 4.17. The third-order valence-electron chi connectivity index (χ3n) is 5.55. The van der Waals surface area contributed by atoms with Crippen LogP contribution in [-0.4, -0.2) is 29.0 Å². The maximum Gasteiger partial charge on any atom is 0.311 e. The summed E-state index contributed by atoms with van der Waals surface area (Å²) in [5, 5.41) is 11.4. The normalized spacial score (nSPS) is 19.6. The van der Waals surface area contributed by atoms with E-state index in [4.69, 9.17) is 10.5 Å². The second-order valence-electron chi connectivity index (χ2n) is 7.73. The van der Waals surface area contributed by atoms with Crippen LogP contribution in [0.15, 0.2) is 42.5 Å². The molecule has 6 nitrogen and oxygen atoms in total. The molecule has 150 valence electrons. The highest BCUT2D eigenvalue weighted by atomic mass is 16.6. The fraction of sp³-hybridized carbons (Fsp3) is 0.455. The molecule has 3 rings (SSSR count). The van der Waals surface area contributed by atoms with Gasteiger partial charge in [0, 0.05) is 31.2 Å². The summed E-state index contributed by atoms with van der Waals surface area (Å²) in [6, 6.07) is 14.5. The summed E-state index contributed by atoms with van der Waals surface area (Å²) in [4.78, 5) is 13.4. The van der Waals surface area contributed by atoms with E-state index in [2.05, 4.69) is 36.1 Å². The van der Waals surface area contributed by atoms with Gasteiger partial charge in [-0.1, -0.05) is 35.9 Å². The van der Waals surface area contributed by atoms with Crippen molar-refractivity contribution in [2.24, 2.45) is 5.73 Å². The molecule has 0 aliphatic heterocycles. The Bertz CT molecular complexity index is 816. The molecule has 6 heteroatoms. The number of methoxy groups -OCH3 is 1. The number of benzene rings is 2. The second kappa shape index (κ2) is 9.17. The number of hydrogen-bond donors (Lipinski definition) is 1. The van der Waals surface area contributed by atoms with E-state index in [0.29, 0.717) is 24.4 Å². The smallest absolute Gasteiger partial charge is 0.311 e. The minimum Gasteiger partial charge on any atom is -0.490 e. The van der Waals surface area contributed by atoms with Crippen LogP contribution in [0.5, 0.6) is 5.75 Å². The number of nitrogens with two attached hydrogens (primary N) is 1. The van der Waals surface area contributed by atoms with Crippen LogP contribution in [0.25, 0.3) is 0 Å². The predicted molar refractivity (Wildman–Crippen MR) is 110 cm³/mol. The number of aryl methyl sites for hydroxylation is 1. The van der Waals surface area contributed by atoms with Gasteiger partial charge in [-0.05, 0) is 49.8 Å². The van der Waals surface area contributed by atoms with E-state index in [1.807, 2.05) is 6.07 Å². The average molecular weight is 383 g/mol. The van der Waals surface area contributed by atoms with E-state index in [0.717, 1.165) is 37.8 Å². The molecular weight excluding hydrogens is 354 g/mol. The van der Waals surface area contributed by atoms with Crippen molar-refractivity contribution in [3.63, 3.8) is 0 Å². The molecule has 0 radical (unpaired) electrons. The van der Waals surface area contributed by atoms with E-state index < -0.39 is 0 Å². The van der Waals surface area contributed by atoms with Crippen molar-refractivity contribution in [2.45, 2.75) is 57.8 Å². The molecule has 0 bridgehead atoms. The Labute approximate surface area is 166 Å². The van der Waals surface area contributed by atoms with E-state index in [1.165, 1.54) is 18.2 Å². The monoisotopic (exact) mass is 383 g/mol. The topological polar surface area (TPSA) is 81.6 Å². The maximum atomic E-state index is 11.4. The van der Waals surface area contributed by atoms with Crippen LogP contribution < -0.4 is 10.5 Å². The van der Waals surface area contributed by atoms with Gasteiger partial charge in [0.15, 0.2) is 5.75 Å². The van der Waals surface area contributed by atoms with Gasteiger partial charge in [0.25, 0.3) is 0 Å². The van der Waals surface area contributed by atoms with Crippen molar-refractivity contribution in [1.82, 2.24) is 4.90 Å². The first-order valence-electron chi connectivity index (χ1n) is 9.82. The van der Waals surface area contributed by atoms with Crippen molar-refractivity contribution in [2.75, 3.05) is 7.11 Å². The van der Waals surface area contributed by atoms with Gasteiger partial charge < -0.3 is 10.5 Å². The molecule has 1 saturated carbocycles. The molecule has 0 saturated heterocycles. The second-order valence-corrected chi connectivity index (χ2v) is 7.73. The standard InChI is InChI=1S/C22H29N3O3/c1-16-4-3-5-17(12-16)14-24(20-9-7-19(23)8-10-20)15-18-6-11-22(28-2)21(13-18)25(26)27/h3-6,11-13,19-20H,7-10,14-15,23H2,1-2H3. The molecule has 1 aliphatic carbocycles. The highest BCUT2D eigenvalue weighted by molar-refractivity contribution is 5.48. The lowest BCUT2D eigenvalue weighted by Gasteiger charge is -2.36. The van der Waals surface area contributed by atoms with Crippen LogP contribution >= 0.6 is 0 Å². The molecule has 1 aliphatic rings. The van der Waals surface area contributed by atoms with Gasteiger partial charge in [-0.3, -0.25) is 15.0 Å². The highest BCUT2D eigenvalue weighted by Crippen LogP contribution is 2.30. The summed E-state index contributed by atoms with van der Waals surface area (Å²) in [5.74, 6) is 0.294. The zero-order valence-electron chi connectivity index (χ0n) is 16.6. The molecular formula is C22H29N3O3. The van der Waals surface area contributed by atoms with Crippen LogP contribution in [0.4, 0.5) is 5.69 Å². The molecule has 2 aromatic carbocycles. The zero-order chi connectivity index (χ0) is 20.1. The van der Waals surface area contributed by atoms with Gasteiger partial charge >= 0.3 is 5.69 Å². The number of rotatable bonds is 7. The Hall–Kier alpha value is -2.44. The molecule has 0 aromatic heterocycles. The number of hydrogen-bond acceptors (Lipinski definition) is 5. The molecule has 0 spiro atoms. The number of ether oxygens (including phenoxy) is 1. The SMILES string of the molecule is COc1ccc(CN(Cc2cccc(C)c2)C2CCC(N)CC2)cc1[N+](=O)[O-]. The largest absolute Gasteiger partial charge is 0.490 e. The van der Waals surface area contributed by atoms with E-state index in [-0.39, 0.29) is 10.6 Å². The Kier molecular flexibility index (Phi) is 6.65. The lowest BCUT2D eigenvalue weighted by Crippen LogP contribution is -2.40. The Balaban J connectivity index is 1.84. The summed E-state index contributed by atoms with van der Waals surface area (Å²) < 4.78 is 5.13. The van der Waals surface area contributed by atoms with Gasteiger partial charge in [0.1, 0.15) is 0 Å². The Morgan fingerprint density at radius 3 is 2.39 bits per heavy atom. The fourth-order valence-corrected chi connectivity index (χ4v) is 4.04. The van der Waals surface area contributed by atoms with Gasteiger partial charge in [-0.25, -0.2) is 0 Å². The maximum absolute atomic E-state index is 11.4. The van der Waals surface area contributed by atoms with Gasteiger partial charge in [-0.15, -0.1) is 0 Å². The predicted octanol–water partition coefficient (Wildman–Crippen LogP) is 4.18. The number of nitrogens with zero attached hydrogens (tertiary/aromatic N) is 2. The van der Waals surface area contributed by atoms with E-state index in [1.54, 1.807) is 12.1 Å². The minimum absolute atomic E-state index is 0.0150.